The van der Waals surface area contributed by atoms with Gasteiger partial charge < -0.3 is 37.0 Å². The number of carboxylic acid groups (broad SMARTS) is 1. The standard InChI is InChI=1S/C40H55N3O8/c1-20(24(19-43-36(41)42)33(49)31(47)21(2)35(50)51)25-17-28(46)40(7)30-29(26(44)18-39(25,40)6)38(5)16-15-27(45)37(3,4)34(38)23(32(30)48)14-13-22-11-9-8-10-12-22/h8-14,20,23-25,28,32-34,46-49H,15-19H2,1-7H3,(H,50,51)(H4,41,42,43)/b14-13+,31-21-/t20-,23+,24+,25-,28+,32-,33+,34-,38-,39-,40+/m1/s1. The molecule has 278 valence electrons. The Hall–Kier alpha value is -3.80. The number of fused-ring (bicyclic) bond motifs is 4. The number of carbonyl (C=O) groups is 3. The summed E-state index contributed by atoms with van der Waals surface area (Å²) in [6.45, 7) is 12.6. The Morgan fingerprint density at radius 1 is 1.06 bits per heavy atom. The van der Waals surface area contributed by atoms with Crippen LogP contribution in [0, 0.1) is 51.2 Å². The number of Topliss-reactive ketones (excluding diaryl/α,β-unsaturated/α-hetero) is 2. The zero-order valence-electron chi connectivity index (χ0n) is 30.8. The van der Waals surface area contributed by atoms with Crippen LogP contribution in [-0.2, 0) is 14.4 Å². The zero-order chi connectivity index (χ0) is 38.0. The van der Waals surface area contributed by atoms with Gasteiger partial charge in [-0.25, -0.2) is 4.79 Å². The van der Waals surface area contributed by atoms with Crippen LogP contribution in [0.25, 0.3) is 6.08 Å². The maximum absolute atomic E-state index is 14.8. The van der Waals surface area contributed by atoms with Crippen LogP contribution in [0.4, 0.5) is 0 Å². The first kappa shape index (κ1) is 38.4. The number of guanidine groups is 1. The van der Waals surface area contributed by atoms with Crippen LogP contribution in [0.2, 0.25) is 0 Å². The number of benzene rings is 1. The van der Waals surface area contributed by atoms with Gasteiger partial charge in [0.15, 0.2) is 11.7 Å². The highest BCUT2D eigenvalue weighted by Gasteiger charge is 2.71. The Labute approximate surface area is 300 Å². The minimum absolute atomic E-state index is 0.0451. The highest BCUT2D eigenvalue weighted by molar-refractivity contribution is 6.01. The summed E-state index contributed by atoms with van der Waals surface area (Å²) in [5, 5.41) is 56.7. The summed E-state index contributed by atoms with van der Waals surface area (Å²) in [4.78, 5) is 44.2. The van der Waals surface area contributed by atoms with Gasteiger partial charge in [0.2, 0.25) is 0 Å². The molecule has 1 aromatic rings. The van der Waals surface area contributed by atoms with Gasteiger partial charge in [-0.15, -0.1) is 0 Å². The maximum Gasteiger partial charge on any atom is 0.334 e. The second-order valence-corrected chi connectivity index (χ2v) is 16.7. The van der Waals surface area contributed by atoms with Crippen molar-refractivity contribution in [3.05, 3.63) is 64.4 Å². The fourth-order valence-electron chi connectivity index (χ4n) is 11.0. The normalized spacial score (nSPS) is 36.8. The zero-order valence-corrected chi connectivity index (χ0v) is 30.8. The lowest BCUT2D eigenvalue weighted by atomic mass is 9.40. The number of carbonyl (C=O) groups excluding carboxylic acids is 2. The second-order valence-electron chi connectivity index (χ2n) is 16.7. The van der Waals surface area contributed by atoms with Crippen molar-refractivity contribution in [2.75, 3.05) is 6.54 Å². The van der Waals surface area contributed by atoms with E-state index in [1.165, 1.54) is 6.92 Å². The Morgan fingerprint density at radius 3 is 2.27 bits per heavy atom. The molecule has 0 radical (unpaired) electrons. The van der Waals surface area contributed by atoms with Crippen molar-refractivity contribution in [1.29, 1.82) is 0 Å². The van der Waals surface area contributed by atoms with E-state index in [1.807, 2.05) is 84.0 Å². The van der Waals surface area contributed by atoms with Crippen LogP contribution in [0.15, 0.2) is 63.9 Å². The number of carboxylic acids is 1. The van der Waals surface area contributed by atoms with Crippen LogP contribution >= 0.6 is 0 Å². The molecule has 11 atom stereocenters. The van der Waals surface area contributed by atoms with Crippen LogP contribution < -0.4 is 11.5 Å². The van der Waals surface area contributed by atoms with Crippen molar-refractivity contribution in [2.45, 2.75) is 92.5 Å². The third kappa shape index (κ3) is 5.85. The van der Waals surface area contributed by atoms with Gasteiger partial charge in [0.25, 0.3) is 0 Å². The summed E-state index contributed by atoms with van der Waals surface area (Å²) < 4.78 is 0. The number of nitrogens with two attached hydrogens (primary N) is 2. The van der Waals surface area contributed by atoms with Gasteiger partial charge in [-0.2, -0.15) is 0 Å². The number of hydrogen-bond donors (Lipinski definition) is 7. The number of aliphatic hydroxyl groups is 4. The number of hydrogen-bond acceptors (Lipinski definition) is 8. The molecule has 0 amide bonds. The SMILES string of the molecule is C/C(C(=O)O)=C(/O)[C@@H](O)[C@@H](CN=C(N)N)[C@@H](C)[C@H]1C[C@H](O)[C@@]2(C)C3=C(C(=O)C[C@]12C)[C@@]1(C)CCC(=O)C(C)(C)[C@H]1[C@@H](/C=C/c1ccccc1)[C@H]3O. The van der Waals surface area contributed by atoms with Crippen molar-refractivity contribution in [3.63, 3.8) is 0 Å². The second kappa shape index (κ2) is 13.3. The summed E-state index contributed by atoms with van der Waals surface area (Å²) in [6.07, 6.45) is 1.05. The Kier molecular flexibility index (Phi) is 10.0. The van der Waals surface area contributed by atoms with Crippen LogP contribution in [0.1, 0.15) is 79.7 Å². The summed E-state index contributed by atoms with van der Waals surface area (Å²) in [7, 11) is 0. The molecule has 4 aliphatic rings. The van der Waals surface area contributed by atoms with Crippen molar-refractivity contribution < 1.29 is 39.9 Å². The molecule has 2 fully saturated rings. The Balaban J connectivity index is 1.68. The number of ketones is 2. The number of allylic oxidation sites excluding steroid dienone is 1. The lowest BCUT2D eigenvalue weighted by Gasteiger charge is -2.63. The molecule has 11 heteroatoms. The number of aliphatic carboxylic acids is 1. The van der Waals surface area contributed by atoms with Crippen LogP contribution in [-0.4, -0.2) is 73.9 Å². The Bertz CT molecular complexity index is 1710. The monoisotopic (exact) mass is 705 g/mol. The first-order valence-corrected chi connectivity index (χ1v) is 17.9. The summed E-state index contributed by atoms with van der Waals surface area (Å²) in [5.41, 5.74) is 9.20. The first-order valence-electron chi connectivity index (χ1n) is 17.9. The summed E-state index contributed by atoms with van der Waals surface area (Å²) in [5.74, 6) is -5.25. The van der Waals surface area contributed by atoms with Gasteiger partial charge in [0.05, 0.1) is 17.8 Å². The lowest BCUT2D eigenvalue weighted by Crippen LogP contribution is -2.63. The molecule has 0 bridgehead atoms. The quantitative estimate of drug-likeness (QED) is 0.0842. The number of rotatable bonds is 9. The maximum atomic E-state index is 14.8. The minimum atomic E-state index is -1.66. The van der Waals surface area contributed by atoms with Crippen molar-refractivity contribution in [3.8, 4) is 0 Å². The third-order valence-corrected chi connectivity index (χ3v) is 14.0. The molecule has 0 heterocycles. The number of aliphatic imine (C=N–C) groups is 1. The minimum Gasteiger partial charge on any atom is -0.509 e. The first-order chi connectivity index (χ1) is 23.7. The van der Waals surface area contributed by atoms with Gasteiger partial charge in [-0.1, -0.05) is 84.0 Å². The molecule has 4 aliphatic carbocycles. The van der Waals surface area contributed by atoms with Gasteiger partial charge in [0.1, 0.15) is 17.6 Å². The molecule has 0 aromatic heterocycles. The average molecular weight is 706 g/mol. The molecule has 0 saturated heterocycles. The number of aliphatic hydroxyl groups excluding tert-OH is 4. The van der Waals surface area contributed by atoms with E-state index < -0.39 is 86.9 Å². The molecule has 0 aliphatic heterocycles. The molecule has 1 aromatic carbocycles. The average Bonchev–Trinajstić information content (AvgIpc) is 3.27. The highest BCUT2D eigenvalue weighted by Crippen LogP contribution is 2.72. The van der Waals surface area contributed by atoms with Gasteiger partial charge >= 0.3 is 5.97 Å². The highest BCUT2D eigenvalue weighted by atomic mass is 16.4. The van der Waals surface area contributed by atoms with E-state index in [9.17, 15) is 39.9 Å². The molecule has 5 rings (SSSR count). The molecular formula is C40H55N3O8. The van der Waals surface area contributed by atoms with E-state index in [-0.39, 0.29) is 36.9 Å². The van der Waals surface area contributed by atoms with Gasteiger partial charge in [0, 0.05) is 53.0 Å². The van der Waals surface area contributed by atoms with E-state index in [2.05, 4.69) is 4.99 Å². The molecule has 2 saturated carbocycles. The smallest absolute Gasteiger partial charge is 0.334 e. The lowest BCUT2D eigenvalue weighted by molar-refractivity contribution is -0.151. The fraction of sp³-hybridized carbons (Fsp3) is 0.600. The predicted octanol–water partition coefficient (Wildman–Crippen LogP) is 4.17. The predicted molar refractivity (Wildman–Crippen MR) is 194 cm³/mol. The molecule has 51 heavy (non-hydrogen) atoms. The summed E-state index contributed by atoms with van der Waals surface area (Å²) >= 11 is 0. The van der Waals surface area contributed by atoms with Crippen molar-refractivity contribution >= 4 is 29.6 Å². The molecule has 0 spiro atoms. The van der Waals surface area contributed by atoms with Crippen molar-refractivity contribution in [2.24, 2.45) is 67.7 Å². The third-order valence-electron chi connectivity index (χ3n) is 14.0. The van der Waals surface area contributed by atoms with Crippen molar-refractivity contribution in [1.82, 2.24) is 0 Å². The fourth-order valence-corrected chi connectivity index (χ4v) is 11.0. The van der Waals surface area contributed by atoms with E-state index in [4.69, 9.17) is 11.5 Å². The van der Waals surface area contributed by atoms with Crippen LogP contribution in [0.5, 0.6) is 0 Å². The number of nitrogens with zero attached hydrogens (tertiary/aromatic N) is 1. The Morgan fingerprint density at radius 2 is 1.69 bits per heavy atom. The summed E-state index contributed by atoms with van der Waals surface area (Å²) in [6, 6.07) is 9.69. The topological polar surface area (TPSA) is 217 Å². The molecule has 11 nitrogen and oxygen atoms in total. The van der Waals surface area contributed by atoms with E-state index in [0.29, 0.717) is 24.0 Å². The molecular weight excluding hydrogens is 650 g/mol. The van der Waals surface area contributed by atoms with Gasteiger partial charge in [-0.3, -0.25) is 14.6 Å². The van der Waals surface area contributed by atoms with Crippen LogP contribution in [0.3, 0.4) is 0 Å². The molecule has 0 unspecified atom stereocenters. The van der Waals surface area contributed by atoms with E-state index in [1.54, 1.807) is 0 Å². The van der Waals surface area contributed by atoms with Gasteiger partial charge in [-0.05, 0) is 54.1 Å². The largest absolute Gasteiger partial charge is 0.509 e. The van der Waals surface area contributed by atoms with E-state index in [0.717, 1.165) is 5.56 Å². The molecule has 9 N–H and O–H groups in total. The van der Waals surface area contributed by atoms with E-state index >= 15 is 0 Å².